The number of nitrogens with one attached hydrogen (secondary N) is 2. The predicted molar refractivity (Wildman–Crippen MR) is 203 cm³/mol. The molecule has 8 heteroatoms. The van der Waals surface area contributed by atoms with E-state index in [1.807, 2.05) is 12.1 Å². The summed E-state index contributed by atoms with van der Waals surface area (Å²) in [4.78, 5) is 32.5. The molecule has 0 unspecified atom stereocenters. The zero-order chi connectivity index (χ0) is 32.4. The first-order chi connectivity index (χ1) is 22.6. The second-order valence-corrected chi connectivity index (χ2v) is 16.2. The van der Waals surface area contributed by atoms with E-state index in [1.165, 1.54) is 143 Å². The van der Waals surface area contributed by atoms with Crippen LogP contribution in [0.5, 0.6) is 0 Å². The second-order valence-electron chi connectivity index (χ2n) is 12.2. The average Bonchev–Trinajstić information content (AvgIpc) is 3.89. The summed E-state index contributed by atoms with van der Waals surface area (Å²) >= 11 is 6.47. The van der Waals surface area contributed by atoms with Gasteiger partial charge >= 0.3 is 0 Å². The molecule has 4 heterocycles. The molecule has 4 aromatic heterocycles. The number of hydrazine groups is 1. The molecule has 0 aliphatic rings. The molecule has 0 radical (unpaired) electrons. The molecule has 4 rings (SSSR count). The van der Waals surface area contributed by atoms with Crippen molar-refractivity contribution in [2.45, 2.75) is 129 Å². The maximum absolute atomic E-state index is 13.3. The van der Waals surface area contributed by atoms with Crippen molar-refractivity contribution in [3.63, 3.8) is 0 Å². The first kappa shape index (κ1) is 36.6. The zero-order valence-electron chi connectivity index (χ0n) is 27.8. The predicted octanol–water partition coefficient (Wildman–Crippen LogP) is 12.7. The lowest BCUT2D eigenvalue weighted by atomic mass is 10.0. The standard InChI is InChI=1S/C38H52N2O2S4/c1-3-5-7-9-11-13-15-17-21-29-27-33(45-35(29)31-23-19-25-43-31)37(41)39-40-38(42)34-28-30(36(46-34)32-24-20-26-44-32)22-18-16-14-12-10-8-6-4-2/h19-20,23-28H,3-18,21-22H2,1-2H3,(H,39,41)(H,40,42). The van der Waals surface area contributed by atoms with Gasteiger partial charge in [-0.15, -0.1) is 45.3 Å². The van der Waals surface area contributed by atoms with Gasteiger partial charge in [-0.3, -0.25) is 20.4 Å². The highest BCUT2D eigenvalue weighted by atomic mass is 32.1. The Hall–Kier alpha value is -2.26. The number of aryl methyl sites for hydroxylation is 2. The molecule has 0 aromatic carbocycles. The summed E-state index contributed by atoms with van der Waals surface area (Å²) < 4.78 is 0. The van der Waals surface area contributed by atoms with E-state index in [2.05, 4.69) is 59.7 Å². The lowest BCUT2D eigenvalue weighted by molar-refractivity contribution is 0.0851. The maximum Gasteiger partial charge on any atom is 0.279 e. The van der Waals surface area contributed by atoms with Gasteiger partial charge in [-0.25, -0.2) is 0 Å². The number of hydrogen-bond acceptors (Lipinski definition) is 6. The fourth-order valence-corrected chi connectivity index (χ4v) is 9.81. The number of thiophene rings is 4. The Morgan fingerprint density at radius 1 is 0.543 bits per heavy atom. The van der Waals surface area contributed by atoms with Gasteiger partial charge in [-0.05, 0) is 71.8 Å². The van der Waals surface area contributed by atoms with E-state index in [0.29, 0.717) is 9.75 Å². The highest BCUT2D eigenvalue weighted by Crippen LogP contribution is 2.38. The van der Waals surface area contributed by atoms with Gasteiger partial charge in [-0.1, -0.05) is 116 Å². The molecule has 4 nitrogen and oxygen atoms in total. The van der Waals surface area contributed by atoms with Crippen molar-refractivity contribution in [1.29, 1.82) is 0 Å². The van der Waals surface area contributed by atoms with Crippen molar-refractivity contribution in [3.05, 3.63) is 68.0 Å². The number of hydrogen-bond donors (Lipinski definition) is 2. The van der Waals surface area contributed by atoms with E-state index < -0.39 is 0 Å². The van der Waals surface area contributed by atoms with Crippen molar-refractivity contribution in [2.24, 2.45) is 0 Å². The Bertz CT molecular complexity index is 1310. The molecule has 0 fully saturated rings. The molecule has 250 valence electrons. The number of carbonyl (C=O) groups is 2. The van der Waals surface area contributed by atoms with E-state index in [9.17, 15) is 9.59 Å². The minimum absolute atomic E-state index is 0.257. The van der Waals surface area contributed by atoms with Crippen molar-refractivity contribution in [1.82, 2.24) is 10.9 Å². The molecule has 2 N–H and O–H groups in total. The van der Waals surface area contributed by atoms with Crippen molar-refractivity contribution < 1.29 is 9.59 Å². The summed E-state index contributed by atoms with van der Waals surface area (Å²) in [5.41, 5.74) is 7.90. The van der Waals surface area contributed by atoms with Crippen LogP contribution in [0.2, 0.25) is 0 Å². The molecule has 0 saturated heterocycles. The molecule has 0 saturated carbocycles. The monoisotopic (exact) mass is 696 g/mol. The topological polar surface area (TPSA) is 58.2 Å². The first-order valence-electron chi connectivity index (χ1n) is 17.5. The molecule has 0 aliphatic carbocycles. The number of carbonyl (C=O) groups excluding carboxylic acids is 2. The Morgan fingerprint density at radius 3 is 1.26 bits per heavy atom. The summed E-state index contributed by atoms with van der Waals surface area (Å²) in [6, 6.07) is 12.5. The fourth-order valence-electron chi connectivity index (χ4n) is 5.82. The molecule has 4 aromatic rings. The molecule has 0 spiro atoms. The molecular weight excluding hydrogens is 645 g/mol. The molecule has 0 atom stereocenters. The van der Waals surface area contributed by atoms with Crippen LogP contribution in [0.1, 0.15) is 147 Å². The molecule has 46 heavy (non-hydrogen) atoms. The average molecular weight is 697 g/mol. The van der Waals surface area contributed by atoms with Gasteiger partial charge in [0.1, 0.15) is 0 Å². The van der Waals surface area contributed by atoms with Crippen LogP contribution in [0, 0.1) is 0 Å². The Morgan fingerprint density at radius 2 is 0.913 bits per heavy atom. The van der Waals surface area contributed by atoms with Gasteiger partial charge in [-0.2, -0.15) is 0 Å². The Labute approximate surface area is 293 Å². The van der Waals surface area contributed by atoms with Gasteiger partial charge < -0.3 is 0 Å². The van der Waals surface area contributed by atoms with Crippen LogP contribution in [0.3, 0.4) is 0 Å². The van der Waals surface area contributed by atoms with E-state index in [-0.39, 0.29) is 11.8 Å². The molecule has 2 amide bonds. The SMILES string of the molecule is CCCCCCCCCCc1cc(C(=O)NNC(=O)c2cc(CCCCCCCCCC)c(-c3cccs3)s2)sc1-c1cccs1. The minimum Gasteiger partial charge on any atom is -0.266 e. The number of unbranched alkanes of at least 4 members (excludes halogenated alkanes) is 14. The van der Waals surface area contributed by atoms with Crippen LogP contribution in [0.15, 0.2) is 47.2 Å². The van der Waals surface area contributed by atoms with Gasteiger partial charge in [0, 0.05) is 19.5 Å². The zero-order valence-corrected chi connectivity index (χ0v) is 31.1. The third-order valence-electron chi connectivity index (χ3n) is 8.44. The van der Waals surface area contributed by atoms with Gasteiger partial charge in [0.15, 0.2) is 0 Å². The summed E-state index contributed by atoms with van der Waals surface area (Å²) in [5, 5.41) is 4.17. The van der Waals surface area contributed by atoms with Gasteiger partial charge in [0.05, 0.1) is 9.75 Å². The minimum atomic E-state index is -0.257. The number of rotatable bonds is 22. The third kappa shape index (κ3) is 11.8. The lowest BCUT2D eigenvalue weighted by Gasteiger charge is -2.04. The van der Waals surface area contributed by atoms with E-state index in [0.717, 1.165) is 25.7 Å². The summed E-state index contributed by atoms with van der Waals surface area (Å²) in [5.74, 6) is -0.514. The Balaban J connectivity index is 1.31. The van der Waals surface area contributed by atoms with E-state index in [4.69, 9.17) is 0 Å². The number of amides is 2. The van der Waals surface area contributed by atoms with Crippen LogP contribution >= 0.6 is 45.3 Å². The summed E-state index contributed by atoms with van der Waals surface area (Å²) in [7, 11) is 0. The third-order valence-corrected chi connectivity index (χ3v) is 12.9. The largest absolute Gasteiger partial charge is 0.279 e. The summed E-state index contributed by atoms with van der Waals surface area (Å²) in [6.45, 7) is 4.52. The highest BCUT2D eigenvalue weighted by Gasteiger charge is 2.20. The normalized spacial score (nSPS) is 11.3. The van der Waals surface area contributed by atoms with Crippen molar-refractivity contribution in [3.8, 4) is 19.5 Å². The lowest BCUT2D eigenvalue weighted by Crippen LogP contribution is -2.41. The first-order valence-corrected chi connectivity index (χ1v) is 20.9. The van der Waals surface area contributed by atoms with Crippen LogP contribution in [0.25, 0.3) is 19.5 Å². The van der Waals surface area contributed by atoms with Crippen molar-refractivity contribution >= 4 is 57.2 Å². The highest BCUT2D eigenvalue weighted by molar-refractivity contribution is 7.23. The fraction of sp³-hybridized carbons (Fsp3) is 0.526. The maximum atomic E-state index is 13.3. The van der Waals surface area contributed by atoms with E-state index >= 15 is 0 Å². The van der Waals surface area contributed by atoms with Gasteiger partial charge in [0.25, 0.3) is 11.8 Å². The second kappa shape index (κ2) is 20.9. The summed E-state index contributed by atoms with van der Waals surface area (Å²) in [6.07, 6.45) is 22.5. The molecule has 0 aliphatic heterocycles. The van der Waals surface area contributed by atoms with Gasteiger partial charge in [0.2, 0.25) is 0 Å². The smallest absolute Gasteiger partial charge is 0.266 e. The van der Waals surface area contributed by atoms with Crippen LogP contribution in [-0.4, -0.2) is 11.8 Å². The Kier molecular flexibility index (Phi) is 16.6. The van der Waals surface area contributed by atoms with Crippen LogP contribution < -0.4 is 10.9 Å². The van der Waals surface area contributed by atoms with Crippen molar-refractivity contribution in [2.75, 3.05) is 0 Å². The van der Waals surface area contributed by atoms with Crippen LogP contribution in [0.4, 0.5) is 0 Å². The quantitative estimate of drug-likeness (QED) is 0.0635. The van der Waals surface area contributed by atoms with E-state index in [1.54, 1.807) is 22.7 Å². The molecule has 0 bridgehead atoms. The van der Waals surface area contributed by atoms with Crippen LogP contribution in [-0.2, 0) is 12.8 Å². The molecular formula is C38H52N2O2S4.